The lowest BCUT2D eigenvalue weighted by Gasteiger charge is -2.37. The van der Waals surface area contributed by atoms with Crippen LogP contribution in [0.2, 0.25) is 0 Å². The predicted molar refractivity (Wildman–Crippen MR) is 85.1 cm³/mol. The van der Waals surface area contributed by atoms with Gasteiger partial charge in [0.25, 0.3) is 0 Å². The van der Waals surface area contributed by atoms with E-state index < -0.39 is 0 Å². The van der Waals surface area contributed by atoms with E-state index in [2.05, 4.69) is 59.1 Å². The molecule has 0 aromatic carbocycles. The van der Waals surface area contributed by atoms with E-state index in [0.717, 1.165) is 17.4 Å². The molecular formula is C14H22BrN3S. The summed E-state index contributed by atoms with van der Waals surface area (Å²) < 4.78 is 1.10. The van der Waals surface area contributed by atoms with Crippen molar-refractivity contribution in [3.05, 3.63) is 20.8 Å². The van der Waals surface area contributed by atoms with Gasteiger partial charge in [-0.1, -0.05) is 6.92 Å². The number of hydrogen-bond acceptors (Lipinski definition) is 4. The molecule has 19 heavy (non-hydrogen) atoms. The number of nitriles is 1. The lowest BCUT2D eigenvalue weighted by molar-refractivity contribution is 0.135. The van der Waals surface area contributed by atoms with Crippen LogP contribution in [0.15, 0.2) is 15.9 Å². The zero-order valence-electron chi connectivity index (χ0n) is 11.8. The molecule has 1 rings (SSSR count). The van der Waals surface area contributed by atoms with Gasteiger partial charge in [-0.3, -0.25) is 4.90 Å². The van der Waals surface area contributed by atoms with Crippen molar-refractivity contribution in [2.24, 2.45) is 5.73 Å². The molecule has 0 fully saturated rings. The smallest absolute Gasteiger partial charge is 0.0635 e. The summed E-state index contributed by atoms with van der Waals surface area (Å²) >= 11 is 5.24. The van der Waals surface area contributed by atoms with E-state index >= 15 is 0 Å². The van der Waals surface area contributed by atoms with Crippen molar-refractivity contribution >= 4 is 27.3 Å². The highest BCUT2D eigenvalue weighted by Crippen LogP contribution is 2.33. The predicted octanol–water partition coefficient (Wildman–Crippen LogP) is 3.91. The first-order valence-electron chi connectivity index (χ1n) is 6.63. The van der Waals surface area contributed by atoms with Crippen molar-refractivity contribution in [2.45, 2.75) is 51.7 Å². The Kier molecular flexibility index (Phi) is 7.01. The number of hydrogen-bond donors (Lipinski definition) is 1. The molecule has 1 aromatic heterocycles. The van der Waals surface area contributed by atoms with Crippen LogP contribution in [0.3, 0.4) is 0 Å². The summed E-state index contributed by atoms with van der Waals surface area (Å²) in [6, 6.07) is 5.03. The molecule has 3 nitrogen and oxygen atoms in total. The largest absolute Gasteiger partial charge is 0.326 e. The Labute approximate surface area is 128 Å². The van der Waals surface area contributed by atoms with Gasteiger partial charge in [-0.05, 0) is 42.3 Å². The molecule has 0 spiro atoms. The molecule has 0 bridgehead atoms. The van der Waals surface area contributed by atoms with Gasteiger partial charge in [0, 0.05) is 39.8 Å². The minimum Gasteiger partial charge on any atom is -0.326 e. The van der Waals surface area contributed by atoms with Gasteiger partial charge in [-0.2, -0.15) is 5.26 Å². The third-order valence-electron chi connectivity index (χ3n) is 3.26. The number of nitrogens with two attached hydrogens (primary N) is 1. The molecule has 0 radical (unpaired) electrons. The molecular weight excluding hydrogens is 322 g/mol. The molecule has 2 N–H and O–H groups in total. The summed E-state index contributed by atoms with van der Waals surface area (Å²) in [4.78, 5) is 3.61. The normalized spacial score (nSPS) is 14.6. The first-order chi connectivity index (χ1) is 9.01. The number of rotatable bonds is 7. The van der Waals surface area contributed by atoms with E-state index in [1.807, 2.05) is 0 Å². The fourth-order valence-corrected chi connectivity index (χ4v) is 3.86. The number of thiophene rings is 1. The van der Waals surface area contributed by atoms with Gasteiger partial charge in [-0.15, -0.1) is 11.3 Å². The highest BCUT2D eigenvalue weighted by atomic mass is 79.9. The average molecular weight is 344 g/mol. The molecule has 2 atom stereocenters. The third kappa shape index (κ3) is 4.57. The van der Waals surface area contributed by atoms with Crippen molar-refractivity contribution in [2.75, 3.05) is 6.54 Å². The van der Waals surface area contributed by atoms with Crippen molar-refractivity contribution in [3.8, 4) is 6.07 Å². The van der Waals surface area contributed by atoms with Gasteiger partial charge in [0.2, 0.25) is 0 Å². The number of nitrogens with zero attached hydrogens (tertiary/aromatic N) is 2. The van der Waals surface area contributed by atoms with E-state index in [1.165, 1.54) is 4.88 Å². The van der Waals surface area contributed by atoms with Crippen molar-refractivity contribution < 1.29 is 0 Å². The van der Waals surface area contributed by atoms with Gasteiger partial charge in [0.15, 0.2) is 0 Å². The van der Waals surface area contributed by atoms with Crippen LogP contribution in [0.1, 0.15) is 44.5 Å². The van der Waals surface area contributed by atoms with Crippen molar-refractivity contribution in [1.29, 1.82) is 5.26 Å². The molecule has 106 valence electrons. The second kappa shape index (κ2) is 8.01. The lowest BCUT2D eigenvalue weighted by Crippen LogP contribution is -2.44. The van der Waals surface area contributed by atoms with Crippen molar-refractivity contribution in [1.82, 2.24) is 4.90 Å². The Hall–Kier alpha value is -0.410. The summed E-state index contributed by atoms with van der Waals surface area (Å²) in [5, 5.41) is 10.9. The van der Waals surface area contributed by atoms with Gasteiger partial charge < -0.3 is 5.73 Å². The van der Waals surface area contributed by atoms with E-state index in [9.17, 15) is 0 Å². The standard InChI is InChI=1S/C14H22BrN3S/c1-4-12(17)14(13-8-11(15)9-19-13)18(10(2)3)7-5-6-16/h8-10,12,14H,4-5,7,17H2,1-3H3. The fourth-order valence-electron chi connectivity index (χ4n) is 2.22. The van der Waals surface area contributed by atoms with Crippen LogP contribution in [0.25, 0.3) is 0 Å². The third-order valence-corrected chi connectivity index (χ3v) is 5.02. The second-order valence-electron chi connectivity index (χ2n) is 4.92. The average Bonchev–Trinajstić information content (AvgIpc) is 2.79. The molecule has 0 aliphatic heterocycles. The molecule has 5 heteroatoms. The molecule has 1 aromatic rings. The fraction of sp³-hybridized carbons (Fsp3) is 0.643. The lowest BCUT2D eigenvalue weighted by atomic mass is 10.0. The Balaban J connectivity index is 3.03. The molecule has 1 heterocycles. The SMILES string of the molecule is CCC(N)C(c1cc(Br)cs1)N(CCC#N)C(C)C. The molecule has 0 amide bonds. The van der Waals surface area contributed by atoms with Crippen LogP contribution in [0.5, 0.6) is 0 Å². The van der Waals surface area contributed by atoms with Crippen LogP contribution in [0.4, 0.5) is 0 Å². The van der Waals surface area contributed by atoms with Crippen molar-refractivity contribution in [3.63, 3.8) is 0 Å². The zero-order valence-corrected chi connectivity index (χ0v) is 14.2. The summed E-state index contributed by atoms with van der Waals surface area (Å²) in [6.07, 6.45) is 1.47. The molecule has 2 unspecified atom stereocenters. The minimum absolute atomic E-state index is 0.0895. The summed E-state index contributed by atoms with van der Waals surface area (Å²) in [5.74, 6) is 0. The van der Waals surface area contributed by atoms with Gasteiger partial charge in [0.05, 0.1) is 12.1 Å². The van der Waals surface area contributed by atoms with Crippen LogP contribution in [0, 0.1) is 11.3 Å². The first kappa shape index (κ1) is 16.6. The first-order valence-corrected chi connectivity index (χ1v) is 8.30. The highest BCUT2D eigenvalue weighted by Gasteiger charge is 2.28. The van der Waals surface area contributed by atoms with Gasteiger partial charge in [-0.25, -0.2) is 0 Å². The highest BCUT2D eigenvalue weighted by molar-refractivity contribution is 9.10. The second-order valence-corrected chi connectivity index (χ2v) is 6.78. The minimum atomic E-state index is 0.0895. The molecule has 0 saturated carbocycles. The Morgan fingerprint density at radius 2 is 2.21 bits per heavy atom. The van der Waals surface area contributed by atoms with Crippen LogP contribution in [-0.2, 0) is 0 Å². The molecule has 0 aliphatic rings. The summed E-state index contributed by atoms with van der Waals surface area (Å²) in [6.45, 7) is 7.20. The maximum Gasteiger partial charge on any atom is 0.0635 e. The summed E-state index contributed by atoms with van der Waals surface area (Å²) in [7, 11) is 0. The van der Waals surface area contributed by atoms with E-state index in [1.54, 1.807) is 11.3 Å². The maximum absolute atomic E-state index is 8.84. The Morgan fingerprint density at radius 3 is 2.63 bits per heavy atom. The van der Waals surface area contributed by atoms with E-state index in [0.29, 0.717) is 12.5 Å². The maximum atomic E-state index is 8.84. The van der Waals surface area contributed by atoms with Crippen LogP contribution >= 0.6 is 27.3 Å². The summed E-state index contributed by atoms with van der Waals surface area (Å²) in [5.41, 5.74) is 6.34. The Bertz CT molecular complexity index is 425. The topological polar surface area (TPSA) is 53.0 Å². The molecule has 0 saturated heterocycles. The number of halogens is 1. The molecule has 0 aliphatic carbocycles. The van der Waals surface area contributed by atoms with Crippen LogP contribution in [-0.4, -0.2) is 23.5 Å². The van der Waals surface area contributed by atoms with E-state index in [4.69, 9.17) is 11.0 Å². The quantitative estimate of drug-likeness (QED) is 0.816. The van der Waals surface area contributed by atoms with Gasteiger partial charge in [0.1, 0.15) is 0 Å². The zero-order chi connectivity index (χ0) is 14.4. The van der Waals surface area contributed by atoms with Gasteiger partial charge >= 0.3 is 0 Å². The monoisotopic (exact) mass is 343 g/mol. The Morgan fingerprint density at radius 1 is 1.53 bits per heavy atom. The van der Waals surface area contributed by atoms with E-state index in [-0.39, 0.29) is 12.1 Å². The van der Waals surface area contributed by atoms with Crippen LogP contribution < -0.4 is 5.73 Å².